The van der Waals surface area contributed by atoms with Gasteiger partial charge >= 0.3 is 0 Å². The number of carbonyl (C=O) groups excluding carboxylic acids is 1. The summed E-state index contributed by atoms with van der Waals surface area (Å²) in [6.07, 6.45) is 8.13. The lowest BCUT2D eigenvalue weighted by atomic mass is 9.87. The number of nitrogen functional groups attached to an aromatic ring is 1. The molecule has 1 aromatic heterocycles. The van der Waals surface area contributed by atoms with Gasteiger partial charge in [0.05, 0.1) is 11.4 Å². The van der Waals surface area contributed by atoms with Crippen LogP contribution in [0.2, 0.25) is 0 Å². The minimum atomic E-state index is 0.136. The summed E-state index contributed by atoms with van der Waals surface area (Å²) in [7, 11) is 0. The van der Waals surface area contributed by atoms with Gasteiger partial charge in [0.15, 0.2) is 0 Å². The number of nitrogens with one attached hydrogen (secondary N) is 1. The van der Waals surface area contributed by atoms with Crippen LogP contribution in [0.1, 0.15) is 56.2 Å². The van der Waals surface area contributed by atoms with Crippen LogP contribution in [0, 0.1) is 17.2 Å². The average molecular weight is 365 g/mol. The minimum Gasteiger partial charge on any atom is -0.382 e. The number of carbonyl (C=O) groups is 1. The molecular formula is C21H27N5O. The number of nitriles is 1. The molecule has 2 aromatic rings. The molecule has 0 bridgehead atoms. The Kier molecular flexibility index (Phi) is 6.48. The second-order valence-electron chi connectivity index (χ2n) is 7.23. The Morgan fingerprint density at radius 3 is 2.70 bits per heavy atom. The molecular weight excluding hydrogens is 338 g/mol. The Balaban J connectivity index is 1.52. The zero-order valence-corrected chi connectivity index (χ0v) is 15.7. The van der Waals surface area contributed by atoms with Gasteiger partial charge in [0, 0.05) is 13.0 Å². The normalized spacial score (nSPS) is 14.6. The van der Waals surface area contributed by atoms with Gasteiger partial charge in [-0.2, -0.15) is 10.4 Å². The first kappa shape index (κ1) is 19.0. The van der Waals surface area contributed by atoms with Gasteiger partial charge in [-0.15, -0.1) is 0 Å². The zero-order valence-electron chi connectivity index (χ0n) is 15.7. The van der Waals surface area contributed by atoms with Gasteiger partial charge < -0.3 is 11.1 Å². The van der Waals surface area contributed by atoms with Gasteiger partial charge in [-0.25, -0.2) is 4.68 Å². The van der Waals surface area contributed by atoms with E-state index < -0.39 is 0 Å². The number of anilines is 1. The molecule has 1 saturated carbocycles. The summed E-state index contributed by atoms with van der Waals surface area (Å²) in [6.45, 7) is 0.592. The zero-order chi connectivity index (χ0) is 19.1. The van der Waals surface area contributed by atoms with Gasteiger partial charge in [0.1, 0.15) is 17.5 Å². The standard InChI is InChI=1S/C21H27N5O/c22-15-18-19(25-26(21(18)23)17-10-5-2-6-11-17)12-7-13-24-20(27)14-16-8-3-1-4-9-16/h2,5-6,10-11,16H,1,3-4,7-9,12-14,23H2,(H,24,27). The molecule has 0 saturated heterocycles. The topological polar surface area (TPSA) is 96.7 Å². The van der Waals surface area contributed by atoms with Gasteiger partial charge in [-0.1, -0.05) is 37.5 Å². The Morgan fingerprint density at radius 1 is 1.26 bits per heavy atom. The van der Waals surface area contributed by atoms with Crippen molar-refractivity contribution >= 4 is 11.7 Å². The molecule has 0 spiro atoms. The second kappa shape index (κ2) is 9.22. The molecule has 1 aliphatic rings. The van der Waals surface area contributed by atoms with Crippen LogP contribution in [-0.2, 0) is 11.2 Å². The number of nitrogens with two attached hydrogens (primary N) is 1. The van der Waals surface area contributed by atoms with E-state index in [0.29, 0.717) is 42.4 Å². The highest BCUT2D eigenvalue weighted by Gasteiger charge is 2.18. The Hall–Kier alpha value is -2.81. The molecule has 27 heavy (non-hydrogen) atoms. The number of aromatic nitrogens is 2. The van der Waals surface area contributed by atoms with E-state index in [9.17, 15) is 10.1 Å². The number of hydrogen-bond acceptors (Lipinski definition) is 4. The molecule has 6 heteroatoms. The van der Waals surface area contributed by atoms with Gasteiger partial charge in [-0.05, 0) is 43.7 Å². The van der Waals surface area contributed by atoms with Gasteiger partial charge in [0.25, 0.3) is 0 Å². The summed E-state index contributed by atoms with van der Waals surface area (Å²) in [5.41, 5.74) is 8.05. The highest BCUT2D eigenvalue weighted by Crippen LogP contribution is 2.26. The molecule has 1 aromatic carbocycles. The van der Waals surface area contributed by atoms with Gasteiger partial charge in [0.2, 0.25) is 5.91 Å². The number of nitrogens with zero attached hydrogens (tertiary/aromatic N) is 3. The monoisotopic (exact) mass is 365 g/mol. The predicted octanol–water partition coefficient (Wildman–Crippen LogP) is 3.35. The SMILES string of the molecule is N#Cc1c(CCCNC(=O)CC2CCCCC2)nn(-c2ccccc2)c1N. The molecule has 1 heterocycles. The van der Waals surface area contributed by atoms with Crippen molar-refractivity contribution in [3.05, 3.63) is 41.6 Å². The molecule has 0 radical (unpaired) electrons. The molecule has 3 N–H and O–H groups in total. The van der Waals surface area contributed by atoms with Crippen LogP contribution in [0.15, 0.2) is 30.3 Å². The van der Waals surface area contributed by atoms with Crippen LogP contribution in [0.4, 0.5) is 5.82 Å². The Bertz CT molecular complexity index is 800. The van der Waals surface area contributed by atoms with Crippen LogP contribution in [0.25, 0.3) is 5.69 Å². The summed E-state index contributed by atoms with van der Waals surface area (Å²) in [5, 5.41) is 17.0. The van der Waals surface area contributed by atoms with Crippen LogP contribution in [-0.4, -0.2) is 22.2 Å². The maximum atomic E-state index is 12.1. The first-order valence-electron chi connectivity index (χ1n) is 9.78. The number of hydrogen-bond donors (Lipinski definition) is 2. The number of aryl methyl sites for hydroxylation is 1. The highest BCUT2D eigenvalue weighted by molar-refractivity contribution is 5.76. The number of rotatable bonds is 7. The molecule has 3 rings (SSSR count). The maximum absolute atomic E-state index is 12.1. The van der Waals surface area contributed by atoms with Crippen molar-refractivity contribution in [2.45, 2.75) is 51.4 Å². The van der Waals surface area contributed by atoms with E-state index in [1.54, 1.807) is 4.68 Å². The average Bonchev–Trinajstić information content (AvgIpc) is 3.02. The molecule has 0 unspecified atom stereocenters. The molecule has 0 atom stereocenters. The lowest BCUT2D eigenvalue weighted by molar-refractivity contribution is -0.122. The molecule has 0 aliphatic heterocycles. The molecule has 1 aliphatic carbocycles. The third-order valence-electron chi connectivity index (χ3n) is 5.22. The maximum Gasteiger partial charge on any atom is 0.220 e. The van der Waals surface area contributed by atoms with Gasteiger partial charge in [-0.3, -0.25) is 4.79 Å². The van der Waals surface area contributed by atoms with E-state index in [0.717, 1.165) is 12.1 Å². The lowest BCUT2D eigenvalue weighted by Crippen LogP contribution is -2.27. The van der Waals surface area contributed by atoms with Crippen molar-refractivity contribution < 1.29 is 4.79 Å². The van der Waals surface area contributed by atoms with Crippen molar-refractivity contribution in [3.8, 4) is 11.8 Å². The Labute approximate surface area is 160 Å². The van der Waals surface area contributed by atoms with E-state index >= 15 is 0 Å². The van der Waals surface area contributed by atoms with Crippen LogP contribution >= 0.6 is 0 Å². The van der Waals surface area contributed by atoms with Crippen LogP contribution < -0.4 is 11.1 Å². The molecule has 1 amide bonds. The molecule has 142 valence electrons. The quantitative estimate of drug-likeness (QED) is 0.735. The summed E-state index contributed by atoms with van der Waals surface area (Å²) in [6, 6.07) is 11.7. The first-order valence-corrected chi connectivity index (χ1v) is 9.78. The summed E-state index contributed by atoms with van der Waals surface area (Å²) < 4.78 is 1.61. The van der Waals surface area contributed by atoms with Crippen LogP contribution in [0.5, 0.6) is 0 Å². The third kappa shape index (κ3) is 4.88. The van der Waals surface area contributed by atoms with E-state index in [1.165, 1.54) is 32.1 Å². The molecule has 1 fully saturated rings. The van der Waals surface area contributed by atoms with E-state index in [-0.39, 0.29) is 5.91 Å². The first-order chi connectivity index (χ1) is 13.2. The highest BCUT2D eigenvalue weighted by atomic mass is 16.1. The second-order valence-corrected chi connectivity index (χ2v) is 7.23. The van der Waals surface area contributed by atoms with E-state index in [1.807, 2.05) is 30.3 Å². The lowest BCUT2D eigenvalue weighted by Gasteiger charge is -2.20. The predicted molar refractivity (Wildman–Crippen MR) is 105 cm³/mol. The smallest absolute Gasteiger partial charge is 0.220 e. The van der Waals surface area contributed by atoms with Crippen molar-refractivity contribution in [1.29, 1.82) is 5.26 Å². The van der Waals surface area contributed by atoms with E-state index in [2.05, 4.69) is 16.5 Å². The fraction of sp³-hybridized carbons (Fsp3) is 0.476. The number of benzene rings is 1. The van der Waals surface area contributed by atoms with Crippen molar-refractivity contribution in [2.75, 3.05) is 12.3 Å². The van der Waals surface area contributed by atoms with Crippen molar-refractivity contribution in [3.63, 3.8) is 0 Å². The van der Waals surface area contributed by atoms with E-state index in [4.69, 9.17) is 5.73 Å². The Morgan fingerprint density at radius 2 is 2.00 bits per heavy atom. The van der Waals surface area contributed by atoms with Crippen molar-refractivity contribution in [1.82, 2.24) is 15.1 Å². The molecule has 6 nitrogen and oxygen atoms in total. The third-order valence-corrected chi connectivity index (χ3v) is 5.22. The fourth-order valence-corrected chi connectivity index (χ4v) is 3.75. The number of para-hydroxylation sites is 1. The fourth-order valence-electron chi connectivity index (χ4n) is 3.75. The summed E-state index contributed by atoms with van der Waals surface area (Å²) in [4.78, 5) is 12.1. The number of amides is 1. The van der Waals surface area contributed by atoms with Crippen LogP contribution in [0.3, 0.4) is 0 Å². The summed E-state index contributed by atoms with van der Waals surface area (Å²) >= 11 is 0. The van der Waals surface area contributed by atoms with Crippen molar-refractivity contribution in [2.24, 2.45) is 5.92 Å². The minimum absolute atomic E-state index is 0.136. The largest absolute Gasteiger partial charge is 0.382 e. The summed E-state index contributed by atoms with van der Waals surface area (Å²) in [5.74, 6) is 1.04.